The van der Waals surface area contributed by atoms with Crippen molar-refractivity contribution < 1.29 is 18.8 Å². The van der Waals surface area contributed by atoms with Gasteiger partial charge in [0.05, 0.1) is 6.61 Å². The Balaban J connectivity index is 1.22. The fourth-order valence-electron chi connectivity index (χ4n) is 6.48. The minimum Gasteiger partial charge on any atom is -0.494 e. The predicted molar refractivity (Wildman–Crippen MR) is 132 cm³/mol. The monoisotopic (exact) mass is 479 g/mol. The number of carbonyl (C=O) groups is 1. The SMILES string of the molecule is CCOc1cccc(N(CC23CCC(c4nc(C5CC5)no4)(CC2)CC3)C(=O)C2CCOCC2)c1. The lowest BCUT2D eigenvalue weighted by Crippen LogP contribution is -2.52. The van der Waals surface area contributed by atoms with Crippen LogP contribution >= 0.6 is 0 Å². The van der Waals surface area contributed by atoms with Gasteiger partial charge in [-0.15, -0.1) is 0 Å². The zero-order chi connectivity index (χ0) is 23.9. The molecule has 1 amide bonds. The van der Waals surface area contributed by atoms with Crippen molar-refractivity contribution in [3.63, 3.8) is 0 Å². The van der Waals surface area contributed by atoms with Gasteiger partial charge in [-0.3, -0.25) is 4.79 Å². The molecule has 188 valence electrons. The Bertz CT molecular complexity index is 1030. The highest BCUT2D eigenvalue weighted by Crippen LogP contribution is 2.58. The number of ether oxygens (including phenoxy) is 2. The Labute approximate surface area is 207 Å². The number of fused-ring (bicyclic) bond motifs is 3. The first-order chi connectivity index (χ1) is 17.1. The highest BCUT2D eigenvalue weighted by Gasteiger charge is 2.53. The number of nitrogens with zero attached hydrogens (tertiary/aromatic N) is 3. The molecule has 0 radical (unpaired) electrons. The summed E-state index contributed by atoms with van der Waals surface area (Å²) in [5.74, 6) is 3.39. The Kier molecular flexibility index (Phi) is 6.07. The molecule has 2 heterocycles. The van der Waals surface area contributed by atoms with Crippen molar-refractivity contribution in [2.45, 2.75) is 82.5 Å². The van der Waals surface area contributed by atoms with E-state index in [2.05, 4.69) is 16.1 Å². The van der Waals surface area contributed by atoms with Crippen LogP contribution < -0.4 is 9.64 Å². The molecular weight excluding hydrogens is 442 g/mol. The van der Waals surface area contributed by atoms with Gasteiger partial charge in [0.1, 0.15) is 5.75 Å². The van der Waals surface area contributed by atoms with Crippen LogP contribution in [0.3, 0.4) is 0 Å². The van der Waals surface area contributed by atoms with E-state index in [1.165, 1.54) is 12.8 Å². The first-order valence-electron chi connectivity index (χ1n) is 13.6. The van der Waals surface area contributed by atoms with Crippen LogP contribution in [-0.4, -0.2) is 42.4 Å². The first-order valence-corrected chi connectivity index (χ1v) is 13.6. The molecule has 2 bridgehead atoms. The van der Waals surface area contributed by atoms with Crippen molar-refractivity contribution in [1.82, 2.24) is 10.1 Å². The van der Waals surface area contributed by atoms with Crippen molar-refractivity contribution in [3.8, 4) is 5.75 Å². The van der Waals surface area contributed by atoms with Crippen LogP contribution in [-0.2, 0) is 14.9 Å². The quantitative estimate of drug-likeness (QED) is 0.505. The van der Waals surface area contributed by atoms with E-state index in [-0.39, 0.29) is 22.7 Å². The fraction of sp³-hybridized carbons (Fsp3) is 0.679. The van der Waals surface area contributed by atoms with Gasteiger partial charge < -0.3 is 18.9 Å². The third-order valence-corrected chi connectivity index (χ3v) is 9.01. The molecule has 1 aliphatic heterocycles. The molecule has 0 unspecified atom stereocenters. The highest BCUT2D eigenvalue weighted by molar-refractivity contribution is 5.95. The van der Waals surface area contributed by atoms with Gasteiger partial charge in [-0.2, -0.15) is 4.98 Å². The van der Waals surface area contributed by atoms with Crippen molar-refractivity contribution in [2.75, 3.05) is 31.3 Å². The summed E-state index contributed by atoms with van der Waals surface area (Å²) in [5.41, 5.74) is 1.13. The van der Waals surface area contributed by atoms with Crippen LogP contribution in [0.5, 0.6) is 5.75 Å². The van der Waals surface area contributed by atoms with Crippen LogP contribution in [0.1, 0.15) is 88.8 Å². The number of hydrogen-bond acceptors (Lipinski definition) is 6. The second kappa shape index (κ2) is 9.23. The van der Waals surface area contributed by atoms with E-state index in [1.54, 1.807) is 0 Å². The summed E-state index contributed by atoms with van der Waals surface area (Å²) in [4.78, 5) is 20.8. The third-order valence-electron chi connectivity index (χ3n) is 9.01. The molecule has 7 rings (SSSR count). The van der Waals surface area contributed by atoms with E-state index in [0.717, 1.165) is 81.1 Å². The fourth-order valence-corrected chi connectivity index (χ4v) is 6.48. The van der Waals surface area contributed by atoms with E-state index in [0.29, 0.717) is 25.7 Å². The highest BCUT2D eigenvalue weighted by atomic mass is 16.5. The van der Waals surface area contributed by atoms with Gasteiger partial charge in [-0.25, -0.2) is 0 Å². The lowest BCUT2D eigenvalue weighted by molar-refractivity contribution is -0.126. The van der Waals surface area contributed by atoms with E-state index >= 15 is 0 Å². The van der Waals surface area contributed by atoms with Crippen LogP contribution in [0, 0.1) is 11.3 Å². The second-order valence-corrected chi connectivity index (χ2v) is 11.3. The summed E-state index contributed by atoms with van der Waals surface area (Å²) in [7, 11) is 0. The molecule has 4 aliphatic carbocycles. The van der Waals surface area contributed by atoms with Gasteiger partial charge in [0.2, 0.25) is 11.8 Å². The Hall–Kier alpha value is -2.41. The minimum absolute atomic E-state index is 0.0291. The molecular formula is C28H37N3O4. The third kappa shape index (κ3) is 4.48. The second-order valence-electron chi connectivity index (χ2n) is 11.3. The Morgan fingerprint density at radius 3 is 2.51 bits per heavy atom. The molecule has 0 N–H and O–H groups in total. The van der Waals surface area contributed by atoms with Crippen molar-refractivity contribution >= 4 is 11.6 Å². The molecule has 4 saturated carbocycles. The zero-order valence-electron chi connectivity index (χ0n) is 20.8. The molecule has 0 spiro atoms. The van der Waals surface area contributed by atoms with Crippen LogP contribution in [0.25, 0.3) is 0 Å². The molecule has 5 fully saturated rings. The maximum Gasteiger partial charge on any atom is 0.232 e. The van der Waals surface area contributed by atoms with Crippen molar-refractivity contribution in [2.24, 2.45) is 11.3 Å². The van der Waals surface area contributed by atoms with Crippen molar-refractivity contribution in [1.29, 1.82) is 0 Å². The van der Waals surface area contributed by atoms with E-state index in [1.807, 2.05) is 25.1 Å². The molecule has 35 heavy (non-hydrogen) atoms. The van der Waals surface area contributed by atoms with Gasteiger partial charge in [-0.1, -0.05) is 11.2 Å². The summed E-state index contributed by atoms with van der Waals surface area (Å²) < 4.78 is 17.1. The van der Waals surface area contributed by atoms with Crippen LogP contribution in [0.2, 0.25) is 0 Å². The summed E-state index contributed by atoms with van der Waals surface area (Å²) >= 11 is 0. The number of carbonyl (C=O) groups excluding carboxylic acids is 1. The number of aromatic nitrogens is 2. The summed E-state index contributed by atoms with van der Waals surface area (Å²) in [6.45, 7) is 4.71. The lowest BCUT2D eigenvalue weighted by atomic mass is 9.53. The van der Waals surface area contributed by atoms with Gasteiger partial charge in [0, 0.05) is 48.8 Å². The molecule has 0 atom stereocenters. The standard InChI is InChI=1S/C28H37N3O4/c1-2-34-23-5-3-4-22(18-23)31(25(32)21-8-16-33-17-9-21)19-27-10-13-28(14-11-27,15-12-27)26-29-24(30-35-26)20-6-7-20/h3-5,18,20-21H,2,6-17,19H2,1H3. The van der Waals surface area contributed by atoms with Gasteiger partial charge in [0.15, 0.2) is 5.82 Å². The summed E-state index contributed by atoms with van der Waals surface area (Å²) in [5, 5.41) is 4.31. The molecule has 5 aliphatic rings. The molecule has 1 saturated heterocycles. The predicted octanol–water partition coefficient (Wildman–Crippen LogP) is 5.40. The van der Waals surface area contributed by atoms with Crippen LogP contribution in [0.15, 0.2) is 28.8 Å². The van der Waals surface area contributed by atoms with Gasteiger partial charge in [0.25, 0.3) is 0 Å². The summed E-state index contributed by atoms with van der Waals surface area (Å²) in [6.07, 6.45) is 10.5. The van der Waals surface area contributed by atoms with Crippen LogP contribution in [0.4, 0.5) is 5.69 Å². The first kappa shape index (κ1) is 23.0. The Morgan fingerprint density at radius 1 is 1.09 bits per heavy atom. The number of anilines is 1. The largest absolute Gasteiger partial charge is 0.494 e. The molecule has 7 nitrogen and oxygen atoms in total. The number of amides is 1. The molecule has 2 aromatic rings. The number of hydrogen-bond donors (Lipinski definition) is 0. The van der Waals surface area contributed by atoms with E-state index < -0.39 is 0 Å². The zero-order valence-corrected chi connectivity index (χ0v) is 20.8. The Morgan fingerprint density at radius 2 is 1.83 bits per heavy atom. The molecule has 7 heteroatoms. The van der Waals surface area contributed by atoms with E-state index in [9.17, 15) is 4.79 Å². The maximum atomic E-state index is 13.9. The van der Waals surface area contributed by atoms with E-state index in [4.69, 9.17) is 19.0 Å². The maximum absolute atomic E-state index is 13.9. The summed E-state index contributed by atoms with van der Waals surface area (Å²) in [6, 6.07) is 8.07. The van der Waals surface area contributed by atoms with Gasteiger partial charge in [-0.05, 0) is 88.7 Å². The topological polar surface area (TPSA) is 77.7 Å². The average Bonchev–Trinajstić information content (AvgIpc) is 3.64. The number of rotatable bonds is 8. The molecule has 1 aromatic heterocycles. The smallest absolute Gasteiger partial charge is 0.232 e. The minimum atomic E-state index is 0.0291. The molecule has 1 aromatic carbocycles. The van der Waals surface area contributed by atoms with Gasteiger partial charge >= 0.3 is 0 Å². The normalized spacial score (nSPS) is 28.7. The average molecular weight is 480 g/mol. The lowest BCUT2D eigenvalue weighted by Gasteiger charge is -2.53. The van der Waals surface area contributed by atoms with Crippen molar-refractivity contribution in [3.05, 3.63) is 36.0 Å². The number of benzene rings is 1.